The molecular formula is C15H20N4O2. The van der Waals surface area contributed by atoms with E-state index in [1.807, 2.05) is 6.92 Å². The van der Waals surface area contributed by atoms with Crippen molar-refractivity contribution in [2.24, 2.45) is 0 Å². The number of aryl methyl sites for hydroxylation is 1. The quantitative estimate of drug-likeness (QED) is 0.817. The van der Waals surface area contributed by atoms with Crippen molar-refractivity contribution in [3.63, 3.8) is 0 Å². The highest BCUT2D eigenvalue weighted by Gasteiger charge is 2.12. The molecule has 2 aromatic rings. The Morgan fingerprint density at radius 1 is 1.33 bits per heavy atom. The largest absolute Gasteiger partial charge is 0.444 e. The molecular weight excluding hydrogens is 268 g/mol. The summed E-state index contributed by atoms with van der Waals surface area (Å²) in [5, 5.41) is 6.01. The van der Waals surface area contributed by atoms with Crippen LogP contribution in [0.25, 0.3) is 0 Å². The second kappa shape index (κ2) is 7.42. The Hall–Kier alpha value is -2.37. The van der Waals surface area contributed by atoms with Crippen LogP contribution in [0.5, 0.6) is 0 Å². The molecule has 0 saturated carbocycles. The number of carbonyl (C=O) groups excluding carboxylic acids is 1. The Labute approximate surface area is 124 Å². The van der Waals surface area contributed by atoms with Crippen LogP contribution in [0.4, 0.5) is 5.69 Å². The number of anilines is 1. The van der Waals surface area contributed by atoms with Crippen molar-refractivity contribution in [3.8, 4) is 0 Å². The van der Waals surface area contributed by atoms with Crippen molar-refractivity contribution in [2.45, 2.75) is 33.2 Å². The minimum absolute atomic E-state index is 0.196. The number of aromatic nitrogens is 2. The summed E-state index contributed by atoms with van der Waals surface area (Å²) in [6, 6.07) is 1.80. The summed E-state index contributed by atoms with van der Waals surface area (Å²) in [4.78, 5) is 20.3. The van der Waals surface area contributed by atoms with E-state index in [0.29, 0.717) is 11.5 Å². The molecule has 0 atom stereocenters. The van der Waals surface area contributed by atoms with Crippen LogP contribution in [-0.2, 0) is 13.0 Å². The van der Waals surface area contributed by atoms with Gasteiger partial charge in [-0.05, 0) is 12.5 Å². The molecule has 2 rings (SSSR count). The van der Waals surface area contributed by atoms with Crippen LogP contribution in [0.15, 0.2) is 29.1 Å². The summed E-state index contributed by atoms with van der Waals surface area (Å²) in [6.07, 6.45) is 6.67. The lowest BCUT2D eigenvalue weighted by Crippen LogP contribution is -2.24. The molecule has 2 heterocycles. The van der Waals surface area contributed by atoms with Crippen LogP contribution in [0, 0.1) is 0 Å². The maximum absolute atomic E-state index is 12.2. The maximum Gasteiger partial charge on any atom is 0.255 e. The number of carbonyl (C=O) groups is 1. The molecule has 0 bridgehead atoms. The second-order valence-corrected chi connectivity index (χ2v) is 4.60. The van der Waals surface area contributed by atoms with Gasteiger partial charge in [0.05, 0.1) is 24.0 Å². The van der Waals surface area contributed by atoms with Crippen molar-refractivity contribution in [1.29, 1.82) is 0 Å². The molecule has 1 amide bonds. The molecule has 0 fully saturated rings. The number of hydrogen-bond donors (Lipinski definition) is 2. The van der Waals surface area contributed by atoms with Gasteiger partial charge < -0.3 is 15.1 Å². The van der Waals surface area contributed by atoms with Crippen molar-refractivity contribution >= 4 is 11.6 Å². The summed E-state index contributed by atoms with van der Waals surface area (Å²) in [6.45, 7) is 5.14. The lowest BCUT2D eigenvalue weighted by Gasteiger charge is -2.10. The average molecular weight is 288 g/mol. The number of hydrogen-bond acceptors (Lipinski definition) is 5. The lowest BCUT2D eigenvalue weighted by molar-refractivity contribution is 0.0947. The van der Waals surface area contributed by atoms with Gasteiger partial charge in [-0.25, -0.2) is 4.98 Å². The fourth-order valence-electron chi connectivity index (χ4n) is 1.83. The first-order chi connectivity index (χ1) is 10.2. The third-order valence-electron chi connectivity index (χ3n) is 2.98. The van der Waals surface area contributed by atoms with Gasteiger partial charge in [-0.1, -0.05) is 13.8 Å². The predicted octanol–water partition coefficient (Wildman–Crippen LogP) is 2.38. The SMILES string of the molecule is CCCNc1ccncc1C(=O)NCc1ncc(CC)o1. The Morgan fingerprint density at radius 2 is 2.19 bits per heavy atom. The number of nitrogens with one attached hydrogen (secondary N) is 2. The number of rotatable bonds is 7. The summed E-state index contributed by atoms with van der Waals surface area (Å²) < 4.78 is 5.46. The van der Waals surface area contributed by atoms with E-state index in [4.69, 9.17) is 4.42 Å². The first-order valence-corrected chi connectivity index (χ1v) is 7.14. The van der Waals surface area contributed by atoms with Gasteiger partial charge >= 0.3 is 0 Å². The van der Waals surface area contributed by atoms with Gasteiger partial charge in [-0.15, -0.1) is 0 Å². The van der Waals surface area contributed by atoms with Crippen molar-refractivity contribution in [3.05, 3.63) is 41.9 Å². The van der Waals surface area contributed by atoms with E-state index in [0.717, 1.165) is 30.8 Å². The highest BCUT2D eigenvalue weighted by molar-refractivity contribution is 5.99. The van der Waals surface area contributed by atoms with Crippen LogP contribution in [0.2, 0.25) is 0 Å². The standard InChI is InChI=1S/C15H20N4O2/c1-3-6-17-13-5-7-16-9-12(13)15(20)19-10-14-18-8-11(4-2)21-14/h5,7-9H,3-4,6,10H2,1-2H3,(H,16,17)(H,19,20). The zero-order valence-electron chi connectivity index (χ0n) is 12.3. The van der Waals surface area contributed by atoms with Gasteiger partial charge in [0.15, 0.2) is 0 Å². The number of oxazole rings is 1. The number of amides is 1. The molecule has 6 heteroatoms. The van der Waals surface area contributed by atoms with Crippen LogP contribution in [0.3, 0.4) is 0 Å². The second-order valence-electron chi connectivity index (χ2n) is 4.60. The van der Waals surface area contributed by atoms with Gasteiger partial charge in [0.1, 0.15) is 5.76 Å². The molecule has 0 unspecified atom stereocenters. The average Bonchev–Trinajstić information content (AvgIpc) is 2.99. The fourth-order valence-corrected chi connectivity index (χ4v) is 1.83. The Balaban J connectivity index is 1.99. The van der Waals surface area contributed by atoms with Gasteiger partial charge in [0.2, 0.25) is 5.89 Å². The molecule has 112 valence electrons. The van der Waals surface area contributed by atoms with Gasteiger partial charge in [-0.2, -0.15) is 0 Å². The summed E-state index contributed by atoms with van der Waals surface area (Å²) in [7, 11) is 0. The van der Waals surface area contributed by atoms with E-state index < -0.39 is 0 Å². The third kappa shape index (κ3) is 4.05. The van der Waals surface area contributed by atoms with Gasteiger partial charge in [0.25, 0.3) is 5.91 Å². The molecule has 21 heavy (non-hydrogen) atoms. The van der Waals surface area contributed by atoms with Gasteiger partial charge in [0, 0.05) is 25.4 Å². The Morgan fingerprint density at radius 3 is 2.90 bits per heavy atom. The molecule has 2 N–H and O–H groups in total. The minimum atomic E-state index is -0.196. The first kappa shape index (κ1) is 15.0. The number of nitrogens with zero attached hydrogens (tertiary/aromatic N) is 2. The molecule has 0 radical (unpaired) electrons. The Kier molecular flexibility index (Phi) is 5.31. The Bertz CT molecular complexity index is 595. The highest BCUT2D eigenvalue weighted by atomic mass is 16.4. The van der Waals surface area contributed by atoms with Crippen LogP contribution >= 0.6 is 0 Å². The molecule has 0 aromatic carbocycles. The monoisotopic (exact) mass is 288 g/mol. The summed E-state index contributed by atoms with van der Waals surface area (Å²) >= 11 is 0. The van der Waals surface area contributed by atoms with E-state index in [1.165, 1.54) is 0 Å². The van der Waals surface area contributed by atoms with E-state index in [2.05, 4.69) is 27.5 Å². The molecule has 0 aliphatic rings. The zero-order valence-corrected chi connectivity index (χ0v) is 12.3. The van der Waals surface area contributed by atoms with E-state index in [-0.39, 0.29) is 12.5 Å². The third-order valence-corrected chi connectivity index (χ3v) is 2.98. The van der Waals surface area contributed by atoms with Crippen molar-refractivity contribution in [2.75, 3.05) is 11.9 Å². The van der Waals surface area contributed by atoms with Crippen LogP contribution in [-0.4, -0.2) is 22.4 Å². The maximum atomic E-state index is 12.2. The summed E-state index contributed by atoms with van der Waals surface area (Å²) in [5.41, 5.74) is 1.30. The highest BCUT2D eigenvalue weighted by Crippen LogP contribution is 2.13. The smallest absolute Gasteiger partial charge is 0.255 e. The van der Waals surface area contributed by atoms with Crippen molar-refractivity contribution in [1.82, 2.24) is 15.3 Å². The minimum Gasteiger partial charge on any atom is -0.444 e. The molecule has 6 nitrogen and oxygen atoms in total. The van der Waals surface area contributed by atoms with Crippen molar-refractivity contribution < 1.29 is 9.21 Å². The van der Waals surface area contributed by atoms with E-state index in [1.54, 1.807) is 24.7 Å². The van der Waals surface area contributed by atoms with E-state index in [9.17, 15) is 4.79 Å². The molecule has 0 saturated heterocycles. The normalized spacial score (nSPS) is 10.4. The molecule has 0 aliphatic carbocycles. The zero-order chi connectivity index (χ0) is 15.1. The molecule has 0 aliphatic heterocycles. The van der Waals surface area contributed by atoms with E-state index >= 15 is 0 Å². The lowest BCUT2D eigenvalue weighted by atomic mass is 10.2. The predicted molar refractivity (Wildman–Crippen MR) is 80.1 cm³/mol. The first-order valence-electron chi connectivity index (χ1n) is 7.14. The number of pyridine rings is 1. The molecule has 2 aromatic heterocycles. The topological polar surface area (TPSA) is 80.0 Å². The van der Waals surface area contributed by atoms with Crippen LogP contribution in [0.1, 0.15) is 42.3 Å². The summed E-state index contributed by atoms with van der Waals surface area (Å²) in [5.74, 6) is 1.12. The fraction of sp³-hybridized carbons (Fsp3) is 0.400. The van der Waals surface area contributed by atoms with Gasteiger partial charge in [-0.3, -0.25) is 9.78 Å². The molecule has 0 spiro atoms. The van der Waals surface area contributed by atoms with Crippen LogP contribution < -0.4 is 10.6 Å².